The monoisotopic (exact) mass is 299 g/mol. The Morgan fingerprint density at radius 1 is 1.45 bits per heavy atom. The van der Waals surface area contributed by atoms with Gasteiger partial charge in [0.15, 0.2) is 0 Å². The van der Waals surface area contributed by atoms with Gasteiger partial charge in [-0.25, -0.2) is 4.79 Å². The highest BCUT2D eigenvalue weighted by atomic mass is 32.2. The molecule has 0 aromatic heterocycles. The van der Waals surface area contributed by atoms with Gasteiger partial charge in [-0.1, -0.05) is 0 Å². The van der Waals surface area contributed by atoms with E-state index < -0.39 is 17.6 Å². The molecule has 1 saturated carbocycles. The highest BCUT2D eigenvalue weighted by Crippen LogP contribution is 2.28. The molecule has 2 amide bonds. The van der Waals surface area contributed by atoms with Crippen molar-refractivity contribution >= 4 is 30.0 Å². The molecule has 1 atom stereocenters. The van der Waals surface area contributed by atoms with E-state index in [1.54, 1.807) is 0 Å². The van der Waals surface area contributed by atoms with Gasteiger partial charge in [0.25, 0.3) is 0 Å². The first kappa shape index (κ1) is 16.3. The minimum absolute atomic E-state index is 0.0632. The summed E-state index contributed by atoms with van der Waals surface area (Å²) in [6, 6.07) is 1.14. The van der Waals surface area contributed by atoms with Crippen molar-refractivity contribution in [2.24, 2.45) is 0 Å². The number of rotatable bonds is 8. The molecule has 0 spiro atoms. The minimum Gasteiger partial charge on any atom is -0.480 e. The maximum atomic E-state index is 11.8. The summed E-state index contributed by atoms with van der Waals surface area (Å²) < 4.78 is 0. The van der Waals surface area contributed by atoms with Crippen LogP contribution in [0.2, 0.25) is 0 Å². The molecular weight excluding hydrogens is 282 g/mol. The van der Waals surface area contributed by atoms with Crippen LogP contribution in [-0.4, -0.2) is 46.5 Å². The number of amides is 2. The molecule has 0 heterocycles. The van der Waals surface area contributed by atoms with E-state index in [-0.39, 0.29) is 17.4 Å². The van der Waals surface area contributed by atoms with Gasteiger partial charge >= 0.3 is 5.97 Å². The third-order valence-electron chi connectivity index (χ3n) is 3.13. The molecule has 3 N–H and O–H groups in total. The number of carboxylic acids is 1. The molecule has 8 heteroatoms. The van der Waals surface area contributed by atoms with Gasteiger partial charge in [-0.05, 0) is 25.7 Å². The number of thioether (sulfide) groups is 1. The van der Waals surface area contributed by atoms with Gasteiger partial charge in [-0.3, -0.25) is 9.59 Å². The summed E-state index contributed by atoms with van der Waals surface area (Å²) in [4.78, 5) is 32.7. The molecule has 1 aliphatic rings. The number of carbonyl (C=O) groups excluding carboxylic acids is 2. The SMILES string of the molecule is N#CC1(NC(=O)CSCC(NC=O)C(=O)O)CCCC1. The standard InChI is InChI=1S/C12H17N3O4S/c13-7-12(3-1-2-4-12)15-10(17)6-20-5-9(11(18)19)14-8-16/h8-9H,1-6H2,(H,14,16)(H,15,17)(H,18,19). The van der Waals surface area contributed by atoms with Gasteiger partial charge in [0, 0.05) is 5.75 Å². The number of aliphatic carboxylic acids is 1. The van der Waals surface area contributed by atoms with Gasteiger partial charge in [0.2, 0.25) is 12.3 Å². The Morgan fingerprint density at radius 3 is 2.60 bits per heavy atom. The second kappa shape index (κ2) is 7.75. The van der Waals surface area contributed by atoms with Crippen molar-refractivity contribution in [1.29, 1.82) is 5.26 Å². The second-order valence-corrected chi connectivity index (χ2v) is 5.67. The Labute approximate surface area is 121 Å². The largest absolute Gasteiger partial charge is 0.480 e. The minimum atomic E-state index is -1.14. The van der Waals surface area contributed by atoms with Crippen molar-refractivity contribution in [2.45, 2.75) is 37.3 Å². The lowest BCUT2D eigenvalue weighted by Gasteiger charge is -2.22. The average molecular weight is 299 g/mol. The maximum Gasteiger partial charge on any atom is 0.327 e. The fourth-order valence-corrected chi connectivity index (χ4v) is 2.94. The van der Waals surface area contributed by atoms with Crippen LogP contribution in [0.5, 0.6) is 0 Å². The molecule has 0 aliphatic heterocycles. The first-order valence-corrected chi connectivity index (χ1v) is 7.41. The third-order valence-corrected chi connectivity index (χ3v) is 4.17. The number of hydrogen-bond acceptors (Lipinski definition) is 5. The normalized spacial score (nSPS) is 17.8. The van der Waals surface area contributed by atoms with E-state index in [9.17, 15) is 14.4 Å². The van der Waals surface area contributed by atoms with Crippen molar-refractivity contribution in [1.82, 2.24) is 10.6 Å². The summed E-state index contributed by atoms with van der Waals surface area (Å²) in [5, 5.41) is 22.8. The van der Waals surface area contributed by atoms with E-state index in [0.29, 0.717) is 19.3 Å². The first-order chi connectivity index (χ1) is 9.53. The predicted molar refractivity (Wildman–Crippen MR) is 72.9 cm³/mol. The number of carboxylic acid groups (broad SMARTS) is 1. The van der Waals surface area contributed by atoms with Crippen LogP contribution in [0, 0.1) is 11.3 Å². The average Bonchev–Trinajstić information content (AvgIpc) is 2.86. The maximum absolute atomic E-state index is 11.8. The van der Waals surface area contributed by atoms with Crippen molar-refractivity contribution in [3.8, 4) is 6.07 Å². The molecule has 7 nitrogen and oxygen atoms in total. The summed E-state index contributed by atoms with van der Waals surface area (Å²) in [5.41, 5.74) is -0.759. The van der Waals surface area contributed by atoms with Gasteiger partial charge < -0.3 is 15.7 Å². The molecule has 0 aromatic rings. The molecule has 1 unspecified atom stereocenters. The van der Waals surface area contributed by atoms with Crippen molar-refractivity contribution in [3.63, 3.8) is 0 Å². The zero-order valence-corrected chi connectivity index (χ0v) is 11.7. The Bertz CT molecular complexity index is 415. The van der Waals surface area contributed by atoms with E-state index in [2.05, 4.69) is 16.7 Å². The number of hydrogen-bond donors (Lipinski definition) is 3. The lowest BCUT2D eigenvalue weighted by atomic mass is 10.0. The molecule has 1 rings (SSSR count). The fraction of sp³-hybridized carbons (Fsp3) is 0.667. The van der Waals surface area contributed by atoms with Crippen molar-refractivity contribution in [2.75, 3.05) is 11.5 Å². The van der Waals surface area contributed by atoms with Crippen molar-refractivity contribution < 1.29 is 19.5 Å². The highest BCUT2D eigenvalue weighted by Gasteiger charge is 2.35. The molecule has 1 fully saturated rings. The zero-order chi connectivity index (χ0) is 15.0. The lowest BCUT2D eigenvalue weighted by molar-refractivity contribution is -0.139. The molecule has 20 heavy (non-hydrogen) atoms. The van der Waals surface area contributed by atoms with Crippen LogP contribution in [0.15, 0.2) is 0 Å². The van der Waals surface area contributed by atoms with Gasteiger partial charge in [0.05, 0.1) is 11.8 Å². The molecule has 0 saturated heterocycles. The fourth-order valence-electron chi connectivity index (χ4n) is 2.09. The molecule has 0 aromatic carbocycles. The summed E-state index contributed by atoms with van der Waals surface area (Å²) in [6.07, 6.45) is 3.48. The van der Waals surface area contributed by atoms with E-state index in [4.69, 9.17) is 10.4 Å². The smallest absolute Gasteiger partial charge is 0.327 e. The van der Waals surface area contributed by atoms with Crippen LogP contribution < -0.4 is 10.6 Å². The zero-order valence-electron chi connectivity index (χ0n) is 10.9. The highest BCUT2D eigenvalue weighted by molar-refractivity contribution is 8.00. The van der Waals surface area contributed by atoms with E-state index in [0.717, 1.165) is 24.6 Å². The van der Waals surface area contributed by atoms with Crippen LogP contribution >= 0.6 is 11.8 Å². The van der Waals surface area contributed by atoms with E-state index in [1.165, 1.54) is 0 Å². The lowest BCUT2D eigenvalue weighted by Crippen LogP contribution is -2.46. The van der Waals surface area contributed by atoms with Crippen LogP contribution in [-0.2, 0) is 14.4 Å². The number of nitrogens with one attached hydrogen (secondary N) is 2. The predicted octanol–water partition coefficient (Wildman–Crippen LogP) is -0.129. The first-order valence-electron chi connectivity index (χ1n) is 6.25. The quantitative estimate of drug-likeness (QED) is 0.537. The Morgan fingerprint density at radius 2 is 2.10 bits per heavy atom. The third kappa shape index (κ3) is 4.74. The second-order valence-electron chi connectivity index (χ2n) is 4.64. The summed E-state index contributed by atoms with van der Waals surface area (Å²) in [5.74, 6) is -1.27. The summed E-state index contributed by atoms with van der Waals surface area (Å²) in [6.45, 7) is 0. The van der Waals surface area contributed by atoms with Gasteiger partial charge in [-0.15, -0.1) is 11.8 Å². The Kier molecular flexibility index (Phi) is 6.31. The molecule has 110 valence electrons. The molecule has 0 radical (unpaired) electrons. The number of carbonyl (C=O) groups is 3. The van der Waals surface area contributed by atoms with Gasteiger partial charge in [-0.2, -0.15) is 5.26 Å². The van der Waals surface area contributed by atoms with Crippen molar-refractivity contribution in [3.05, 3.63) is 0 Å². The summed E-state index contributed by atoms with van der Waals surface area (Å²) >= 11 is 1.11. The molecular formula is C12H17N3O4S. The van der Waals surface area contributed by atoms with Gasteiger partial charge in [0.1, 0.15) is 11.6 Å². The Hall–Kier alpha value is -1.75. The van der Waals surface area contributed by atoms with Crippen LogP contribution in [0.1, 0.15) is 25.7 Å². The summed E-state index contributed by atoms with van der Waals surface area (Å²) in [7, 11) is 0. The Balaban J connectivity index is 2.34. The molecule has 0 bridgehead atoms. The van der Waals surface area contributed by atoms with Crippen LogP contribution in [0.4, 0.5) is 0 Å². The van der Waals surface area contributed by atoms with Crippen LogP contribution in [0.3, 0.4) is 0 Å². The van der Waals surface area contributed by atoms with E-state index in [1.807, 2.05) is 0 Å². The number of nitriles is 1. The molecule has 1 aliphatic carbocycles. The number of nitrogens with zero attached hydrogens (tertiary/aromatic N) is 1. The van der Waals surface area contributed by atoms with Crippen LogP contribution in [0.25, 0.3) is 0 Å². The topological polar surface area (TPSA) is 119 Å². The van der Waals surface area contributed by atoms with E-state index >= 15 is 0 Å².